The first-order chi connectivity index (χ1) is 11.1. The van der Waals surface area contributed by atoms with E-state index in [1.54, 1.807) is 6.07 Å². The minimum Gasteiger partial charge on any atom is -0.347 e. The number of carbonyl (C=O) groups is 1. The Bertz CT molecular complexity index is 765. The smallest absolute Gasteiger partial charge is 0.238 e. The van der Waals surface area contributed by atoms with Gasteiger partial charge in [0.2, 0.25) is 5.91 Å². The molecule has 2 aromatic rings. The zero-order valence-electron chi connectivity index (χ0n) is 12.8. The van der Waals surface area contributed by atoms with E-state index in [1.807, 2.05) is 49.4 Å². The van der Waals surface area contributed by atoms with Crippen molar-refractivity contribution in [2.24, 2.45) is 0 Å². The van der Waals surface area contributed by atoms with Gasteiger partial charge in [-0.25, -0.2) is 0 Å². The topological polar surface area (TPSA) is 41.6 Å². The van der Waals surface area contributed by atoms with Gasteiger partial charge in [-0.3, -0.25) is 9.69 Å². The molecular formula is C18H17ClN2O2. The molecule has 2 aliphatic rings. The van der Waals surface area contributed by atoms with Crippen molar-refractivity contribution in [3.8, 4) is 0 Å². The first-order valence-electron chi connectivity index (χ1n) is 7.68. The van der Waals surface area contributed by atoms with Gasteiger partial charge in [-0.1, -0.05) is 41.9 Å². The van der Waals surface area contributed by atoms with Crippen LogP contribution in [0.2, 0.25) is 5.02 Å². The highest BCUT2D eigenvalue weighted by molar-refractivity contribution is 6.30. The molecular weight excluding hydrogens is 312 g/mol. The second kappa shape index (κ2) is 5.34. The van der Waals surface area contributed by atoms with Crippen molar-refractivity contribution in [2.75, 3.05) is 18.4 Å². The van der Waals surface area contributed by atoms with Gasteiger partial charge < -0.3 is 10.1 Å². The van der Waals surface area contributed by atoms with E-state index in [2.05, 4.69) is 10.2 Å². The predicted molar refractivity (Wildman–Crippen MR) is 89.4 cm³/mol. The number of amides is 1. The zero-order chi connectivity index (χ0) is 16.0. The number of carbonyl (C=O) groups excluding carboxylic acids is 1. The predicted octanol–water partition coefficient (Wildman–Crippen LogP) is 3.21. The number of anilines is 1. The quantitative estimate of drug-likeness (QED) is 0.874. The van der Waals surface area contributed by atoms with Gasteiger partial charge in [0.05, 0.1) is 12.6 Å². The number of halogens is 1. The monoisotopic (exact) mass is 328 g/mol. The lowest BCUT2D eigenvalue weighted by atomic mass is 9.92. The standard InChI is InChI=1S/C18H17ClN2O2/c1-12-10-21-11-17(22)20-16-8-7-14(19)9-15(16)18(21,23-12)13-5-3-2-4-6-13/h2-9,12H,10-11H2,1H3,(H,20,22)/t12-,18?/m1/s1. The Hall–Kier alpha value is -1.88. The average Bonchev–Trinajstić information content (AvgIpc) is 2.81. The molecule has 1 unspecified atom stereocenters. The highest BCUT2D eigenvalue weighted by atomic mass is 35.5. The molecule has 2 aliphatic heterocycles. The van der Waals surface area contributed by atoms with Gasteiger partial charge in [-0.2, -0.15) is 0 Å². The number of rotatable bonds is 1. The molecule has 1 saturated heterocycles. The molecule has 0 spiro atoms. The lowest BCUT2D eigenvalue weighted by molar-refractivity contribution is -0.121. The van der Waals surface area contributed by atoms with E-state index in [4.69, 9.17) is 16.3 Å². The van der Waals surface area contributed by atoms with Gasteiger partial charge in [0.1, 0.15) is 0 Å². The number of fused-ring (bicyclic) bond motifs is 3. The summed E-state index contributed by atoms with van der Waals surface area (Å²) in [6.45, 7) is 3.00. The van der Waals surface area contributed by atoms with Gasteiger partial charge in [-0.15, -0.1) is 0 Å². The molecule has 0 aliphatic carbocycles. The van der Waals surface area contributed by atoms with Crippen molar-refractivity contribution in [3.05, 3.63) is 64.7 Å². The molecule has 1 fully saturated rings. The Morgan fingerprint density at radius 2 is 2.04 bits per heavy atom. The van der Waals surface area contributed by atoms with Crippen LogP contribution < -0.4 is 5.32 Å². The van der Waals surface area contributed by atoms with E-state index in [0.29, 0.717) is 11.6 Å². The highest BCUT2D eigenvalue weighted by Crippen LogP contribution is 2.47. The van der Waals surface area contributed by atoms with Crippen molar-refractivity contribution >= 4 is 23.2 Å². The molecule has 2 atom stereocenters. The largest absolute Gasteiger partial charge is 0.347 e. The van der Waals surface area contributed by atoms with Gasteiger partial charge in [0.15, 0.2) is 5.72 Å². The summed E-state index contributed by atoms with van der Waals surface area (Å²) in [5, 5.41) is 3.59. The van der Waals surface area contributed by atoms with Crippen LogP contribution in [0.3, 0.4) is 0 Å². The molecule has 23 heavy (non-hydrogen) atoms. The molecule has 2 heterocycles. The van der Waals surface area contributed by atoms with Crippen LogP contribution in [0.25, 0.3) is 0 Å². The van der Waals surface area contributed by atoms with Gasteiger partial charge in [0.25, 0.3) is 0 Å². The van der Waals surface area contributed by atoms with Crippen molar-refractivity contribution in [1.29, 1.82) is 0 Å². The lowest BCUT2D eigenvalue weighted by Gasteiger charge is -2.36. The maximum atomic E-state index is 12.3. The summed E-state index contributed by atoms with van der Waals surface area (Å²) in [5.41, 5.74) is 1.84. The second-order valence-electron chi connectivity index (χ2n) is 6.06. The summed E-state index contributed by atoms with van der Waals surface area (Å²) in [7, 11) is 0. The van der Waals surface area contributed by atoms with Crippen LogP contribution in [0.1, 0.15) is 18.1 Å². The molecule has 0 bridgehead atoms. The van der Waals surface area contributed by atoms with Crippen LogP contribution in [0.4, 0.5) is 5.69 Å². The first-order valence-corrected chi connectivity index (χ1v) is 8.05. The first kappa shape index (κ1) is 14.7. The summed E-state index contributed by atoms with van der Waals surface area (Å²) in [5.74, 6) is -0.0379. The van der Waals surface area contributed by atoms with E-state index >= 15 is 0 Å². The Balaban J connectivity index is 2.02. The van der Waals surface area contributed by atoms with Crippen LogP contribution >= 0.6 is 11.6 Å². The number of hydrogen-bond donors (Lipinski definition) is 1. The normalized spacial score (nSPS) is 27.0. The van der Waals surface area contributed by atoms with Crippen molar-refractivity contribution in [3.63, 3.8) is 0 Å². The number of benzene rings is 2. The second-order valence-corrected chi connectivity index (χ2v) is 6.49. The Morgan fingerprint density at radius 3 is 2.83 bits per heavy atom. The minimum absolute atomic E-state index is 0.0212. The van der Waals surface area contributed by atoms with Gasteiger partial charge in [0, 0.05) is 28.4 Å². The number of nitrogens with zero attached hydrogens (tertiary/aromatic N) is 1. The zero-order valence-corrected chi connectivity index (χ0v) is 13.5. The molecule has 0 radical (unpaired) electrons. The minimum atomic E-state index is -0.792. The van der Waals surface area contributed by atoms with Crippen molar-refractivity contribution in [2.45, 2.75) is 18.8 Å². The molecule has 5 heteroatoms. The van der Waals surface area contributed by atoms with E-state index in [-0.39, 0.29) is 18.6 Å². The Kier molecular flexibility index (Phi) is 3.41. The van der Waals surface area contributed by atoms with Gasteiger partial charge >= 0.3 is 0 Å². The van der Waals surface area contributed by atoms with E-state index in [0.717, 1.165) is 16.8 Å². The van der Waals surface area contributed by atoms with E-state index in [9.17, 15) is 4.79 Å². The van der Waals surface area contributed by atoms with Gasteiger partial charge in [-0.05, 0) is 25.1 Å². The summed E-state index contributed by atoms with van der Waals surface area (Å²) in [4.78, 5) is 14.4. The summed E-state index contributed by atoms with van der Waals surface area (Å²) < 4.78 is 6.42. The lowest BCUT2D eigenvalue weighted by Crippen LogP contribution is -2.44. The summed E-state index contributed by atoms with van der Waals surface area (Å²) in [6.07, 6.45) is 0.0212. The molecule has 1 amide bonds. The van der Waals surface area contributed by atoms with Crippen molar-refractivity contribution in [1.82, 2.24) is 4.90 Å². The van der Waals surface area contributed by atoms with Crippen LogP contribution in [-0.4, -0.2) is 30.0 Å². The SMILES string of the molecule is C[C@@H]1CN2CC(=O)Nc3ccc(Cl)cc3C2(c2ccccc2)O1. The maximum Gasteiger partial charge on any atom is 0.238 e. The third kappa shape index (κ3) is 2.26. The third-order valence-electron chi connectivity index (χ3n) is 4.41. The number of ether oxygens (including phenoxy) is 1. The molecule has 4 rings (SSSR count). The van der Waals surface area contributed by atoms with E-state index < -0.39 is 5.72 Å². The summed E-state index contributed by atoms with van der Waals surface area (Å²) >= 11 is 6.26. The molecule has 4 nitrogen and oxygen atoms in total. The molecule has 0 saturated carbocycles. The van der Waals surface area contributed by atoms with E-state index in [1.165, 1.54) is 0 Å². The summed E-state index contributed by atoms with van der Waals surface area (Å²) in [6, 6.07) is 15.5. The number of nitrogens with one attached hydrogen (secondary N) is 1. The molecule has 118 valence electrons. The van der Waals surface area contributed by atoms with Crippen LogP contribution in [0.5, 0.6) is 0 Å². The third-order valence-corrected chi connectivity index (χ3v) is 4.65. The van der Waals surface area contributed by atoms with Crippen molar-refractivity contribution < 1.29 is 9.53 Å². The van der Waals surface area contributed by atoms with Crippen LogP contribution in [0.15, 0.2) is 48.5 Å². The molecule has 2 aromatic carbocycles. The fraction of sp³-hybridized carbons (Fsp3) is 0.278. The maximum absolute atomic E-state index is 12.3. The Morgan fingerprint density at radius 1 is 1.26 bits per heavy atom. The Labute approximate surface area is 140 Å². The number of hydrogen-bond acceptors (Lipinski definition) is 3. The molecule has 0 aromatic heterocycles. The van der Waals surface area contributed by atoms with Crippen LogP contribution in [0, 0.1) is 0 Å². The fourth-order valence-corrected chi connectivity index (χ4v) is 3.76. The van der Waals surface area contributed by atoms with Crippen LogP contribution in [-0.2, 0) is 15.3 Å². The fourth-order valence-electron chi connectivity index (χ4n) is 3.59. The highest BCUT2D eigenvalue weighted by Gasteiger charge is 2.51. The molecule has 1 N–H and O–H groups in total. The average molecular weight is 329 g/mol.